The Morgan fingerprint density at radius 3 is 2.52 bits per heavy atom. The number of rotatable bonds is 3. The minimum atomic E-state index is -0.387. The highest BCUT2D eigenvalue weighted by molar-refractivity contribution is 6.04. The molecule has 2 aromatic rings. The number of benzene rings is 1. The van der Waals surface area contributed by atoms with Crippen molar-refractivity contribution in [3.8, 4) is 0 Å². The van der Waals surface area contributed by atoms with Crippen LogP contribution in [0.2, 0.25) is 0 Å². The summed E-state index contributed by atoms with van der Waals surface area (Å²) in [4.78, 5) is 19.3. The summed E-state index contributed by atoms with van der Waals surface area (Å²) in [5.74, 6) is 0.348. The normalized spacial score (nSPS) is 18.7. The fourth-order valence-electron chi connectivity index (χ4n) is 3.65. The molecule has 1 amide bonds. The van der Waals surface area contributed by atoms with Gasteiger partial charge in [-0.05, 0) is 43.2 Å². The first kappa shape index (κ1) is 17.9. The maximum atomic E-state index is 12.5. The van der Waals surface area contributed by atoms with Crippen LogP contribution in [0.15, 0.2) is 36.5 Å². The molecular weight excluding hydrogens is 342 g/mol. The van der Waals surface area contributed by atoms with E-state index < -0.39 is 0 Å². The molecule has 2 aliphatic rings. The lowest BCUT2D eigenvalue weighted by Crippen LogP contribution is -2.45. The summed E-state index contributed by atoms with van der Waals surface area (Å²) in [6.45, 7) is 7.08. The van der Waals surface area contributed by atoms with Crippen molar-refractivity contribution >= 4 is 17.4 Å². The zero-order valence-corrected chi connectivity index (χ0v) is 15.8. The monoisotopic (exact) mass is 367 g/mol. The van der Waals surface area contributed by atoms with Gasteiger partial charge in [0.05, 0.1) is 18.8 Å². The summed E-state index contributed by atoms with van der Waals surface area (Å²) in [6.07, 6.45) is 3.32. The molecule has 2 saturated heterocycles. The van der Waals surface area contributed by atoms with E-state index in [0.717, 1.165) is 48.6 Å². The summed E-state index contributed by atoms with van der Waals surface area (Å²) in [6, 6.07) is 9.63. The summed E-state index contributed by atoms with van der Waals surface area (Å²) in [5.41, 5.74) is 3.62. The highest BCUT2D eigenvalue weighted by Gasteiger charge is 2.40. The second-order valence-electron chi connectivity index (χ2n) is 7.20. The number of aromatic nitrogens is 1. The molecule has 0 radical (unpaired) electrons. The molecule has 0 aliphatic carbocycles. The summed E-state index contributed by atoms with van der Waals surface area (Å²) in [5, 5.41) is 2.97. The quantitative estimate of drug-likeness (QED) is 0.902. The first-order valence-corrected chi connectivity index (χ1v) is 9.43. The van der Waals surface area contributed by atoms with Gasteiger partial charge in [-0.15, -0.1) is 0 Å². The van der Waals surface area contributed by atoms with Gasteiger partial charge in [0.15, 0.2) is 5.79 Å². The van der Waals surface area contributed by atoms with E-state index in [1.165, 1.54) is 0 Å². The average molecular weight is 367 g/mol. The predicted octanol–water partition coefficient (Wildman–Crippen LogP) is 3.29. The number of pyridine rings is 1. The third-order valence-electron chi connectivity index (χ3n) is 5.53. The molecule has 27 heavy (non-hydrogen) atoms. The number of ether oxygens (including phenoxy) is 2. The Hall–Kier alpha value is -2.44. The van der Waals surface area contributed by atoms with Crippen LogP contribution in [0.25, 0.3) is 0 Å². The topological polar surface area (TPSA) is 63.7 Å². The molecule has 6 heteroatoms. The van der Waals surface area contributed by atoms with Crippen LogP contribution in [-0.2, 0) is 9.47 Å². The second kappa shape index (κ2) is 7.29. The third-order valence-corrected chi connectivity index (χ3v) is 5.53. The smallest absolute Gasteiger partial charge is 0.257 e. The standard InChI is InChI=1S/C21H25N3O3/c1-15-4-3-5-18(16(15)2)23-20(25)17-6-7-19(22-14-17)24-10-8-21(9-11-24)26-12-13-27-21/h3-7,14H,8-13H2,1-2H3,(H,23,25). The fourth-order valence-corrected chi connectivity index (χ4v) is 3.65. The van der Waals surface area contributed by atoms with Crippen molar-refractivity contribution < 1.29 is 14.3 Å². The minimum absolute atomic E-state index is 0.145. The van der Waals surface area contributed by atoms with Crippen LogP contribution in [0.5, 0.6) is 0 Å². The number of hydrogen-bond acceptors (Lipinski definition) is 5. The maximum Gasteiger partial charge on any atom is 0.257 e. The second-order valence-corrected chi connectivity index (χ2v) is 7.20. The largest absolute Gasteiger partial charge is 0.356 e. The Morgan fingerprint density at radius 1 is 1.11 bits per heavy atom. The van der Waals surface area contributed by atoms with Crippen molar-refractivity contribution in [1.82, 2.24) is 4.98 Å². The van der Waals surface area contributed by atoms with Crippen LogP contribution < -0.4 is 10.2 Å². The molecule has 6 nitrogen and oxygen atoms in total. The molecule has 0 atom stereocenters. The van der Waals surface area contributed by atoms with Crippen molar-refractivity contribution in [3.05, 3.63) is 53.2 Å². The fraction of sp³-hybridized carbons (Fsp3) is 0.429. The Labute approximate surface area is 159 Å². The molecule has 1 aromatic heterocycles. The van der Waals surface area contributed by atoms with Gasteiger partial charge in [0, 0.05) is 37.8 Å². The zero-order valence-electron chi connectivity index (χ0n) is 15.8. The van der Waals surface area contributed by atoms with E-state index >= 15 is 0 Å². The first-order valence-electron chi connectivity index (χ1n) is 9.43. The predicted molar refractivity (Wildman–Crippen MR) is 104 cm³/mol. The van der Waals surface area contributed by atoms with E-state index in [2.05, 4.69) is 15.2 Å². The minimum Gasteiger partial charge on any atom is -0.356 e. The number of carbonyl (C=O) groups is 1. The van der Waals surface area contributed by atoms with Crippen LogP contribution in [0, 0.1) is 13.8 Å². The Balaban J connectivity index is 1.40. The molecular formula is C21H25N3O3. The Kier molecular flexibility index (Phi) is 4.85. The number of carbonyl (C=O) groups excluding carboxylic acids is 1. The van der Waals surface area contributed by atoms with E-state index in [1.807, 2.05) is 44.2 Å². The van der Waals surface area contributed by atoms with Gasteiger partial charge in [-0.1, -0.05) is 12.1 Å². The number of piperidine rings is 1. The Bertz CT molecular complexity index is 819. The van der Waals surface area contributed by atoms with Gasteiger partial charge in [-0.2, -0.15) is 0 Å². The van der Waals surface area contributed by atoms with Crippen LogP contribution in [0.4, 0.5) is 11.5 Å². The molecule has 142 valence electrons. The first-order chi connectivity index (χ1) is 13.1. The summed E-state index contributed by atoms with van der Waals surface area (Å²) >= 11 is 0. The number of amides is 1. The number of anilines is 2. The van der Waals surface area contributed by atoms with Gasteiger partial charge in [0.1, 0.15) is 5.82 Å². The van der Waals surface area contributed by atoms with Crippen molar-refractivity contribution in [2.75, 3.05) is 36.5 Å². The van der Waals surface area contributed by atoms with E-state index in [1.54, 1.807) is 6.20 Å². The molecule has 1 N–H and O–H groups in total. The molecule has 1 aromatic carbocycles. The van der Waals surface area contributed by atoms with Gasteiger partial charge in [0.25, 0.3) is 5.91 Å². The molecule has 0 unspecified atom stereocenters. The van der Waals surface area contributed by atoms with Crippen LogP contribution >= 0.6 is 0 Å². The molecule has 1 spiro atoms. The van der Waals surface area contributed by atoms with Gasteiger partial charge in [-0.25, -0.2) is 4.98 Å². The highest BCUT2D eigenvalue weighted by atomic mass is 16.7. The number of hydrogen-bond donors (Lipinski definition) is 1. The average Bonchev–Trinajstić information content (AvgIpc) is 3.14. The van der Waals surface area contributed by atoms with Crippen molar-refractivity contribution in [3.63, 3.8) is 0 Å². The number of nitrogens with zero attached hydrogens (tertiary/aromatic N) is 2. The lowest BCUT2D eigenvalue weighted by molar-refractivity contribution is -0.169. The van der Waals surface area contributed by atoms with Gasteiger partial charge < -0.3 is 19.7 Å². The van der Waals surface area contributed by atoms with Gasteiger partial charge >= 0.3 is 0 Å². The van der Waals surface area contributed by atoms with Crippen molar-refractivity contribution in [1.29, 1.82) is 0 Å². The van der Waals surface area contributed by atoms with Crippen LogP contribution in [0.3, 0.4) is 0 Å². The van der Waals surface area contributed by atoms with E-state index in [4.69, 9.17) is 9.47 Å². The lowest BCUT2D eigenvalue weighted by atomic mass is 10.0. The van der Waals surface area contributed by atoms with E-state index in [9.17, 15) is 4.79 Å². The molecule has 3 heterocycles. The van der Waals surface area contributed by atoms with Gasteiger partial charge in [-0.3, -0.25) is 4.79 Å². The highest BCUT2D eigenvalue weighted by Crippen LogP contribution is 2.32. The maximum absolute atomic E-state index is 12.5. The molecule has 4 rings (SSSR count). The summed E-state index contributed by atoms with van der Waals surface area (Å²) in [7, 11) is 0. The molecule has 0 saturated carbocycles. The number of aryl methyl sites for hydroxylation is 1. The molecule has 2 fully saturated rings. The van der Waals surface area contributed by atoms with Crippen molar-refractivity contribution in [2.45, 2.75) is 32.5 Å². The van der Waals surface area contributed by atoms with Crippen LogP contribution in [0.1, 0.15) is 34.3 Å². The summed E-state index contributed by atoms with van der Waals surface area (Å²) < 4.78 is 11.5. The molecule has 2 aliphatic heterocycles. The van der Waals surface area contributed by atoms with E-state index in [0.29, 0.717) is 18.8 Å². The van der Waals surface area contributed by atoms with Gasteiger partial charge in [0.2, 0.25) is 0 Å². The van der Waals surface area contributed by atoms with Crippen LogP contribution in [-0.4, -0.2) is 43.0 Å². The lowest BCUT2D eigenvalue weighted by Gasteiger charge is -2.38. The number of nitrogens with one attached hydrogen (secondary N) is 1. The zero-order chi connectivity index (χ0) is 18.9. The van der Waals surface area contributed by atoms with Crippen molar-refractivity contribution in [2.24, 2.45) is 0 Å². The Morgan fingerprint density at radius 2 is 1.85 bits per heavy atom. The molecule has 0 bridgehead atoms. The third kappa shape index (κ3) is 3.68. The van der Waals surface area contributed by atoms with E-state index in [-0.39, 0.29) is 11.7 Å². The SMILES string of the molecule is Cc1cccc(NC(=O)c2ccc(N3CCC4(CC3)OCCO4)nc2)c1C.